The van der Waals surface area contributed by atoms with E-state index in [-0.39, 0.29) is 18.3 Å². The van der Waals surface area contributed by atoms with E-state index in [2.05, 4.69) is 5.32 Å². The molecule has 1 fully saturated rings. The molecule has 1 aromatic rings. The van der Waals surface area contributed by atoms with Gasteiger partial charge in [-0.1, -0.05) is 0 Å². The van der Waals surface area contributed by atoms with Crippen molar-refractivity contribution in [2.24, 2.45) is 0 Å². The van der Waals surface area contributed by atoms with Crippen molar-refractivity contribution in [1.82, 2.24) is 10.2 Å². The molecule has 1 aliphatic rings. The molecule has 1 unspecified atom stereocenters. The summed E-state index contributed by atoms with van der Waals surface area (Å²) in [6, 6.07) is 3.79. The van der Waals surface area contributed by atoms with Crippen molar-refractivity contribution in [2.45, 2.75) is 25.3 Å². The normalized spacial score (nSPS) is 20.2. The van der Waals surface area contributed by atoms with E-state index in [1.807, 2.05) is 11.9 Å². The second-order valence-corrected chi connectivity index (χ2v) is 4.23. The fraction of sp³-hybridized carbons (Fsp3) is 0.583. The van der Waals surface area contributed by atoms with Crippen LogP contribution in [0.25, 0.3) is 0 Å². The minimum atomic E-state index is -0.0168. The van der Waals surface area contributed by atoms with Crippen LogP contribution in [0.15, 0.2) is 22.8 Å². The third-order valence-corrected chi connectivity index (χ3v) is 3.15. The van der Waals surface area contributed by atoms with Gasteiger partial charge in [-0.05, 0) is 44.5 Å². The summed E-state index contributed by atoms with van der Waals surface area (Å²) in [7, 11) is 1.86. The maximum Gasteiger partial charge on any atom is 0.289 e. The molecule has 1 amide bonds. The van der Waals surface area contributed by atoms with E-state index in [9.17, 15) is 4.79 Å². The van der Waals surface area contributed by atoms with Crippen molar-refractivity contribution >= 4 is 18.3 Å². The fourth-order valence-electron chi connectivity index (χ4n) is 2.13. The second-order valence-electron chi connectivity index (χ2n) is 4.23. The maximum absolute atomic E-state index is 12.0. The van der Waals surface area contributed by atoms with Gasteiger partial charge < -0.3 is 14.6 Å². The largest absolute Gasteiger partial charge is 0.459 e. The quantitative estimate of drug-likeness (QED) is 0.882. The second kappa shape index (κ2) is 6.67. The summed E-state index contributed by atoms with van der Waals surface area (Å²) in [5.41, 5.74) is 0. The smallest absolute Gasteiger partial charge is 0.289 e. The van der Waals surface area contributed by atoms with Gasteiger partial charge in [-0.3, -0.25) is 4.79 Å². The van der Waals surface area contributed by atoms with Crippen LogP contribution in [0.2, 0.25) is 0 Å². The van der Waals surface area contributed by atoms with Crippen molar-refractivity contribution in [1.29, 1.82) is 0 Å². The van der Waals surface area contributed by atoms with Crippen LogP contribution in [0.1, 0.15) is 29.8 Å². The molecule has 0 saturated carbocycles. The minimum absolute atomic E-state index is 0. The molecule has 5 heteroatoms. The van der Waals surface area contributed by atoms with Crippen molar-refractivity contribution in [2.75, 3.05) is 20.1 Å². The first-order valence-electron chi connectivity index (χ1n) is 5.80. The summed E-state index contributed by atoms with van der Waals surface area (Å²) in [6.45, 7) is 2.04. The molecule has 0 radical (unpaired) electrons. The predicted molar refractivity (Wildman–Crippen MR) is 68.6 cm³/mol. The zero-order chi connectivity index (χ0) is 11.4. The average Bonchev–Trinajstić information content (AvgIpc) is 2.70. The van der Waals surface area contributed by atoms with Gasteiger partial charge in [0.1, 0.15) is 0 Å². The molecule has 2 rings (SSSR count). The molecular weight excluding hydrogens is 240 g/mol. The predicted octanol–water partition coefficient (Wildman–Crippen LogP) is 1.92. The van der Waals surface area contributed by atoms with E-state index in [1.54, 1.807) is 12.1 Å². The Balaban J connectivity index is 0.00000144. The Bertz CT molecular complexity index is 332. The molecule has 1 saturated heterocycles. The molecule has 0 aliphatic carbocycles. The topological polar surface area (TPSA) is 45.5 Å². The summed E-state index contributed by atoms with van der Waals surface area (Å²) in [4.78, 5) is 13.8. The number of furan rings is 1. The summed E-state index contributed by atoms with van der Waals surface area (Å²) < 4.78 is 5.13. The fourth-order valence-corrected chi connectivity index (χ4v) is 2.13. The highest BCUT2D eigenvalue weighted by molar-refractivity contribution is 5.91. The maximum atomic E-state index is 12.0. The molecule has 0 bridgehead atoms. The SMILES string of the molecule is CN(C(=O)c1ccco1)C1CCCNCC1.Cl. The van der Waals surface area contributed by atoms with Crippen LogP contribution in [0, 0.1) is 0 Å². The average molecular weight is 259 g/mol. The molecule has 0 aromatic carbocycles. The summed E-state index contributed by atoms with van der Waals surface area (Å²) in [6.07, 6.45) is 4.75. The first kappa shape index (κ1) is 14.1. The number of hydrogen-bond donors (Lipinski definition) is 1. The number of amides is 1. The molecule has 0 spiro atoms. The number of halogens is 1. The van der Waals surface area contributed by atoms with Gasteiger partial charge in [-0.15, -0.1) is 12.4 Å². The Kier molecular flexibility index (Phi) is 5.51. The zero-order valence-corrected chi connectivity index (χ0v) is 10.8. The van der Waals surface area contributed by atoms with Gasteiger partial charge in [-0.25, -0.2) is 0 Å². The number of carbonyl (C=O) groups is 1. The molecule has 1 N–H and O–H groups in total. The third kappa shape index (κ3) is 3.48. The van der Waals surface area contributed by atoms with Gasteiger partial charge >= 0.3 is 0 Å². The van der Waals surface area contributed by atoms with Gasteiger partial charge in [0, 0.05) is 13.1 Å². The van der Waals surface area contributed by atoms with Crippen LogP contribution in [0.4, 0.5) is 0 Å². The molecule has 2 heterocycles. The van der Waals surface area contributed by atoms with Crippen molar-refractivity contribution < 1.29 is 9.21 Å². The summed E-state index contributed by atoms with van der Waals surface area (Å²) in [5, 5.41) is 3.34. The molecule has 1 aromatic heterocycles. The highest BCUT2D eigenvalue weighted by atomic mass is 35.5. The number of carbonyl (C=O) groups excluding carboxylic acids is 1. The van der Waals surface area contributed by atoms with E-state index in [0.717, 1.165) is 32.4 Å². The molecule has 17 heavy (non-hydrogen) atoms. The van der Waals surface area contributed by atoms with Crippen molar-refractivity contribution in [3.63, 3.8) is 0 Å². The van der Waals surface area contributed by atoms with Crippen LogP contribution in [-0.4, -0.2) is 37.0 Å². The third-order valence-electron chi connectivity index (χ3n) is 3.15. The van der Waals surface area contributed by atoms with Crippen molar-refractivity contribution in [3.05, 3.63) is 24.2 Å². The zero-order valence-electron chi connectivity index (χ0n) is 10.0. The van der Waals surface area contributed by atoms with Gasteiger partial charge in [-0.2, -0.15) is 0 Å². The van der Waals surface area contributed by atoms with E-state index >= 15 is 0 Å². The monoisotopic (exact) mass is 258 g/mol. The highest BCUT2D eigenvalue weighted by Crippen LogP contribution is 2.15. The molecule has 96 valence electrons. The number of hydrogen-bond acceptors (Lipinski definition) is 3. The van der Waals surface area contributed by atoms with E-state index in [1.165, 1.54) is 6.26 Å². The lowest BCUT2D eigenvalue weighted by Gasteiger charge is -2.26. The summed E-state index contributed by atoms with van der Waals surface area (Å²) >= 11 is 0. The van der Waals surface area contributed by atoms with Crippen LogP contribution >= 0.6 is 12.4 Å². The first-order chi connectivity index (χ1) is 7.79. The van der Waals surface area contributed by atoms with E-state index < -0.39 is 0 Å². The standard InChI is InChI=1S/C12H18N2O2.ClH/c1-14(10-4-2-7-13-8-6-10)12(15)11-5-3-9-16-11;/h3,5,9-10,13H,2,4,6-8H2,1H3;1H. The van der Waals surface area contributed by atoms with Crippen LogP contribution in [-0.2, 0) is 0 Å². The Morgan fingerprint density at radius 3 is 3.00 bits per heavy atom. The Morgan fingerprint density at radius 2 is 2.29 bits per heavy atom. The Morgan fingerprint density at radius 1 is 1.47 bits per heavy atom. The Labute approximate surface area is 108 Å². The van der Waals surface area contributed by atoms with Gasteiger partial charge in [0.2, 0.25) is 0 Å². The van der Waals surface area contributed by atoms with Crippen LogP contribution in [0.5, 0.6) is 0 Å². The highest BCUT2D eigenvalue weighted by Gasteiger charge is 2.23. The molecule has 1 atom stereocenters. The number of nitrogens with one attached hydrogen (secondary N) is 1. The first-order valence-corrected chi connectivity index (χ1v) is 5.80. The van der Waals surface area contributed by atoms with Crippen molar-refractivity contribution in [3.8, 4) is 0 Å². The van der Waals surface area contributed by atoms with Crippen LogP contribution in [0.3, 0.4) is 0 Å². The lowest BCUT2D eigenvalue weighted by atomic mass is 10.1. The summed E-state index contributed by atoms with van der Waals surface area (Å²) in [5.74, 6) is 0.414. The van der Waals surface area contributed by atoms with Crippen LogP contribution < -0.4 is 5.32 Å². The number of nitrogens with zero attached hydrogens (tertiary/aromatic N) is 1. The Hall–Kier alpha value is -1.00. The lowest BCUT2D eigenvalue weighted by Crippen LogP contribution is -2.37. The van der Waals surface area contributed by atoms with Gasteiger partial charge in [0.15, 0.2) is 5.76 Å². The van der Waals surface area contributed by atoms with E-state index in [4.69, 9.17) is 4.42 Å². The molecule has 4 nitrogen and oxygen atoms in total. The number of rotatable bonds is 2. The minimum Gasteiger partial charge on any atom is -0.459 e. The molecule has 1 aliphatic heterocycles. The van der Waals surface area contributed by atoms with E-state index in [0.29, 0.717) is 11.8 Å². The van der Waals surface area contributed by atoms with Gasteiger partial charge in [0.05, 0.1) is 6.26 Å². The van der Waals surface area contributed by atoms with Gasteiger partial charge in [0.25, 0.3) is 5.91 Å². The molecular formula is C12H19ClN2O2. The lowest BCUT2D eigenvalue weighted by molar-refractivity contribution is 0.0688.